The van der Waals surface area contributed by atoms with E-state index in [1.54, 1.807) is 24.3 Å². The molecular weight excluding hydrogens is 302 g/mol. The Morgan fingerprint density at radius 2 is 1.57 bits per heavy atom. The molecule has 8 nitrogen and oxygen atoms in total. The number of benzene rings is 2. The maximum absolute atomic E-state index is 12.6. The van der Waals surface area contributed by atoms with Crippen LogP contribution in [0.3, 0.4) is 0 Å². The Kier molecular flexibility index (Phi) is 3.34. The van der Waals surface area contributed by atoms with Crippen molar-refractivity contribution in [2.24, 2.45) is 0 Å². The molecule has 114 valence electrons. The molecule has 3 rings (SSSR count). The number of nitrogens with zero attached hydrogens (tertiary/aromatic N) is 2. The van der Waals surface area contributed by atoms with Gasteiger partial charge in [-0.05, 0) is 6.07 Å². The Morgan fingerprint density at radius 3 is 2.17 bits per heavy atom. The van der Waals surface area contributed by atoms with Crippen molar-refractivity contribution in [1.82, 2.24) is 4.98 Å². The highest BCUT2D eigenvalue weighted by molar-refractivity contribution is 6.16. The second-order valence-electron chi connectivity index (χ2n) is 4.83. The molecule has 2 aromatic carbocycles. The van der Waals surface area contributed by atoms with E-state index in [-0.39, 0.29) is 5.56 Å². The number of aromatic nitrogens is 1. The molecule has 0 aliphatic heterocycles. The van der Waals surface area contributed by atoms with Crippen molar-refractivity contribution in [3.05, 3.63) is 80.0 Å². The molecule has 0 bridgehead atoms. The van der Waals surface area contributed by atoms with E-state index in [0.717, 1.165) is 23.7 Å². The molecule has 0 atom stereocenters. The van der Waals surface area contributed by atoms with Gasteiger partial charge in [0.15, 0.2) is 5.78 Å². The third-order valence-corrected chi connectivity index (χ3v) is 3.42. The van der Waals surface area contributed by atoms with Gasteiger partial charge in [0.1, 0.15) is 0 Å². The molecule has 1 aromatic heterocycles. The number of fused-ring (bicyclic) bond motifs is 1. The van der Waals surface area contributed by atoms with E-state index in [0.29, 0.717) is 10.9 Å². The molecule has 23 heavy (non-hydrogen) atoms. The van der Waals surface area contributed by atoms with Crippen LogP contribution in [-0.4, -0.2) is 20.6 Å². The zero-order valence-electron chi connectivity index (χ0n) is 11.6. The third-order valence-electron chi connectivity index (χ3n) is 3.42. The van der Waals surface area contributed by atoms with Crippen molar-refractivity contribution in [3.63, 3.8) is 0 Å². The van der Waals surface area contributed by atoms with E-state index in [1.807, 2.05) is 0 Å². The standard InChI is InChI=1S/C15H9N3O5/c19-15(13-8-16-14-4-2-1-3-12(13)14)9-5-10(17(20)21)7-11(6-9)18(22)23/h1-8,16H. The van der Waals surface area contributed by atoms with Crippen LogP contribution >= 0.6 is 0 Å². The predicted octanol–water partition coefficient (Wildman–Crippen LogP) is 3.22. The molecule has 0 saturated carbocycles. The van der Waals surface area contributed by atoms with Gasteiger partial charge in [0.2, 0.25) is 0 Å². The van der Waals surface area contributed by atoms with Gasteiger partial charge in [0, 0.05) is 40.4 Å². The quantitative estimate of drug-likeness (QED) is 0.450. The first-order chi connectivity index (χ1) is 11.0. The van der Waals surface area contributed by atoms with E-state index >= 15 is 0 Å². The van der Waals surface area contributed by atoms with Crippen molar-refractivity contribution >= 4 is 28.1 Å². The normalized spacial score (nSPS) is 10.6. The molecule has 1 heterocycles. The van der Waals surface area contributed by atoms with Gasteiger partial charge < -0.3 is 4.98 Å². The van der Waals surface area contributed by atoms with Gasteiger partial charge >= 0.3 is 0 Å². The number of para-hydroxylation sites is 1. The van der Waals surface area contributed by atoms with Crippen molar-refractivity contribution in [2.75, 3.05) is 0 Å². The molecule has 0 aliphatic carbocycles. The number of H-pyrrole nitrogens is 1. The highest BCUT2D eigenvalue weighted by atomic mass is 16.6. The SMILES string of the molecule is O=C(c1cc([N+](=O)[O-])cc([N+](=O)[O-])c1)c1c[nH]c2ccccc12. The summed E-state index contributed by atoms with van der Waals surface area (Å²) in [5, 5.41) is 22.5. The summed E-state index contributed by atoms with van der Waals surface area (Å²) in [5.74, 6) is -0.519. The first-order valence-electron chi connectivity index (χ1n) is 6.52. The minimum absolute atomic E-state index is 0.101. The lowest BCUT2D eigenvalue weighted by Crippen LogP contribution is -2.03. The van der Waals surface area contributed by atoms with Gasteiger partial charge in [-0.1, -0.05) is 18.2 Å². The lowest BCUT2D eigenvalue weighted by molar-refractivity contribution is -0.394. The first kappa shape index (κ1) is 14.4. The molecule has 0 saturated heterocycles. The van der Waals surface area contributed by atoms with E-state index in [2.05, 4.69) is 4.98 Å². The number of non-ortho nitro benzene ring substituents is 2. The topological polar surface area (TPSA) is 119 Å². The summed E-state index contributed by atoms with van der Waals surface area (Å²) in [6.07, 6.45) is 1.48. The number of carbonyl (C=O) groups excluding carboxylic acids is 1. The van der Waals surface area contributed by atoms with Crippen LogP contribution < -0.4 is 0 Å². The number of hydrogen-bond acceptors (Lipinski definition) is 5. The Bertz CT molecular complexity index is 928. The predicted molar refractivity (Wildman–Crippen MR) is 81.5 cm³/mol. The van der Waals surface area contributed by atoms with E-state index in [9.17, 15) is 25.0 Å². The number of nitrogens with one attached hydrogen (secondary N) is 1. The zero-order valence-corrected chi connectivity index (χ0v) is 11.6. The van der Waals surface area contributed by atoms with Gasteiger partial charge in [0.25, 0.3) is 11.4 Å². The molecule has 0 unspecified atom stereocenters. The number of carbonyl (C=O) groups is 1. The maximum atomic E-state index is 12.6. The Balaban J connectivity index is 2.15. The zero-order chi connectivity index (χ0) is 16.6. The Hall–Kier alpha value is -3.55. The fraction of sp³-hybridized carbons (Fsp3) is 0. The molecule has 0 aliphatic rings. The van der Waals surface area contributed by atoms with Crippen LogP contribution in [0.25, 0.3) is 10.9 Å². The van der Waals surface area contributed by atoms with Gasteiger partial charge in [-0.25, -0.2) is 0 Å². The molecule has 8 heteroatoms. The van der Waals surface area contributed by atoms with Crippen LogP contribution in [0.4, 0.5) is 11.4 Å². The number of nitro benzene ring substituents is 2. The summed E-state index contributed by atoms with van der Waals surface area (Å²) < 4.78 is 0. The Morgan fingerprint density at radius 1 is 0.957 bits per heavy atom. The van der Waals surface area contributed by atoms with Gasteiger partial charge in [0.05, 0.1) is 15.9 Å². The highest BCUT2D eigenvalue weighted by Gasteiger charge is 2.22. The third kappa shape index (κ3) is 2.53. The van der Waals surface area contributed by atoms with Gasteiger partial charge in [-0.15, -0.1) is 0 Å². The fourth-order valence-electron chi connectivity index (χ4n) is 2.35. The first-order valence-corrected chi connectivity index (χ1v) is 6.52. The average molecular weight is 311 g/mol. The number of ketones is 1. The molecule has 0 radical (unpaired) electrons. The summed E-state index contributed by atoms with van der Waals surface area (Å²) >= 11 is 0. The number of aromatic amines is 1. The molecular formula is C15H9N3O5. The van der Waals surface area contributed by atoms with E-state index in [4.69, 9.17) is 0 Å². The van der Waals surface area contributed by atoms with E-state index in [1.165, 1.54) is 6.20 Å². The van der Waals surface area contributed by atoms with Crippen LogP contribution in [0, 0.1) is 20.2 Å². The number of hydrogen-bond donors (Lipinski definition) is 1. The fourth-order valence-corrected chi connectivity index (χ4v) is 2.35. The Labute approximate surface area is 128 Å². The minimum Gasteiger partial charge on any atom is -0.360 e. The van der Waals surface area contributed by atoms with Gasteiger partial charge in [-0.3, -0.25) is 25.0 Å². The lowest BCUT2D eigenvalue weighted by atomic mass is 10.0. The molecule has 0 spiro atoms. The van der Waals surface area contributed by atoms with Crippen molar-refractivity contribution in [2.45, 2.75) is 0 Å². The van der Waals surface area contributed by atoms with Crippen LogP contribution in [0.5, 0.6) is 0 Å². The van der Waals surface area contributed by atoms with E-state index < -0.39 is 27.0 Å². The van der Waals surface area contributed by atoms with Crippen LogP contribution in [-0.2, 0) is 0 Å². The monoisotopic (exact) mass is 311 g/mol. The lowest BCUT2D eigenvalue weighted by Gasteiger charge is -2.01. The van der Waals surface area contributed by atoms with Crippen LogP contribution in [0.1, 0.15) is 15.9 Å². The summed E-state index contributed by atoms with van der Waals surface area (Å²) in [5.41, 5.74) is -0.0633. The number of nitro groups is 2. The smallest absolute Gasteiger partial charge is 0.277 e. The summed E-state index contributed by atoms with van der Waals surface area (Å²) in [7, 11) is 0. The van der Waals surface area contributed by atoms with Crippen LogP contribution in [0.2, 0.25) is 0 Å². The second kappa shape index (κ2) is 5.34. The molecule has 3 aromatic rings. The van der Waals surface area contributed by atoms with Crippen molar-refractivity contribution in [1.29, 1.82) is 0 Å². The van der Waals surface area contributed by atoms with Crippen LogP contribution in [0.15, 0.2) is 48.7 Å². The molecule has 1 N–H and O–H groups in total. The summed E-state index contributed by atoms with van der Waals surface area (Å²) in [6, 6.07) is 9.96. The number of rotatable bonds is 4. The maximum Gasteiger partial charge on any atom is 0.277 e. The second-order valence-corrected chi connectivity index (χ2v) is 4.83. The largest absolute Gasteiger partial charge is 0.360 e. The average Bonchev–Trinajstić information content (AvgIpc) is 2.97. The highest BCUT2D eigenvalue weighted by Crippen LogP contribution is 2.26. The minimum atomic E-state index is -0.765. The summed E-state index contributed by atoms with van der Waals surface area (Å²) in [4.78, 5) is 35.8. The summed E-state index contributed by atoms with van der Waals surface area (Å²) in [6.45, 7) is 0. The molecule has 0 amide bonds. The van der Waals surface area contributed by atoms with Gasteiger partial charge in [-0.2, -0.15) is 0 Å². The van der Waals surface area contributed by atoms with Crippen molar-refractivity contribution < 1.29 is 14.6 Å². The van der Waals surface area contributed by atoms with Crippen molar-refractivity contribution in [3.8, 4) is 0 Å². The molecule has 0 fully saturated rings.